The molecule has 7 N–H and O–H groups in total. The quantitative estimate of drug-likeness (QED) is 0.352. The number of carbonyl (C=O) groups excluding carboxylic acids is 1. The van der Waals surface area contributed by atoms with Crippen molar-refractivity contribution in [1.29, 1.82) is 0 Å². The van der Waals surface area contributed by atoms with Gasteiger partial charge in [0.05, 0.1) is 11.5 Å². The zero-order chi connectivity index (χ0) is 25.1. The van der Waals surface area contributed by atoms with Crippen LogP contribution in [0.1, 0.15) is 12.8 Å². The number of carbonyl (C=O) groups is 2. The summed E-state index contributed by atoms with van der Waals surface area (Å²) >= 11 is 0. The number of nitrogens with one attached hydrogen (secondary N) is 2. The number of aliphatic carboxylic acids is 1. The van der Waals surface area contributed by atoms with E-state index < -0.39 is 28.2 Å². The lowest BCUT2D eigenvalue weighted by Gasteiger charge is -2.09. The number of sulfonamides is 1. The monoisotopic (exact) mass is 492 g/mol. The number of unbranched alkanes of at least 4 members (excludes halogenated alkanes) is 1. The van der Waals surface area contributed by atoms with E-state index in [0.29, 0.717) is 30.3 Å². The molecule has 0 saturated heterocycles. The van der Waals surface area contributed by atoms with Crippen LogP contribution < -0.4 is 26.2 Å². The molecule has 0 radical (unpaired) electrons. The summed E-state index contributed by atoms with van der Waals surface area (Å²) in [5, 5.41) is 17.4. The summed E-state index contributed by atoms with van der Waals surface area (Å²) in [4.78, 5) is 20.9. The molecule has 0 aliphatic rings. The van der Waals surface area contributed by atoms with Crippen LogP contribution in [0.25, 0.3) is 0 Å². The minimum atomic E-state index is -5.08. The van der Waals surface area contributed by atoms with Crippen LogP contribution in [0.5, 0.6) is 5.75 Å². The molecule has 2 rings (SSSR count). The molecule has 0 saturated carbocycles. The lowest BCUT2D eigenvalue weighted by atomic mass is 10.3. The van der Waals surface area contributed by atoms with Crippen molar-refractivity contribution < 1.29 is 41.0 Å². The second kappa shape index (κ2) is 12.6. The van der Waals surface area contributed by atoms with Crippen LogP contribution in [0.4, 0.5) is 29.3 Å². The number of hydrogen-bond acceptors (Lipinski definition) is 6. The second-order valence-corrected chi connectivity index (χ2v) is 7.88. The fraction of sp³-hybridized carbons (Fsp3) is 0.263. The first-order valence-electron chi connectivity index (χ1n) is 9.27. The van der Waals surface area contributed by atoms with Crippen molar-refractivity contribution in [1.82, 2.24) is 0 Å². The zero-order valence-corrected chi connectivity index (χ0v) is 17.9. The number of rotatable bonds is 8. The zero-order valence-electron chi connectivity index (χ0n) is 17.1. The van der Waals surface area contributed by atoms with Crippen LogP contribution in [-0.2, 0) is 14.8 Å². The van der Waals surface area contributed by atoms with Crippen LogP contribution >= 0.6 is 0 Å². The van der Waals surface area contributed by atoms with Gasteiger partial charge in [0.25, 0.3) is 0 Å². The lowest BCUT2D eigenvalue weighted by Crippen LogP contribution is -2.21. The van der Waals surface area contributed by atoms with Gasteiger partial charge in [0.15, 0.2) is 0 Å². The molecule has 0 aromatic heterocycles. The number of alkyl halides is 3. The van der Waals surface area contributed by atoms with Crippen LogP contribution in [0.2, 0.25) is 0 Å². The van der Waals surface area contributed by atoms with Gasteiger partial charge < -0.3 is 26.2 Å². The summed E-state index contributed by atoms with van der Waals surface area (Å²) in [5.74, 6) is -2.04. The maximum atomic E-state index is 12.0. The molecule has 2 amide bonds. The minimum Gasteiger partial charge on any atom is -0.494 e. The molecular formula is C19H23F3N4O6S. The molecule has 0 bridgehead atoms. The Morgan fingerprint density at radius 1 is 0.939 bits per heavy atom. The van der Waals surface area contributed by atoms with Gasteiger partial charge in [0.2, 0.25) is 10.0 Å². The number of primary sulfonamides is 1. The number of halogens is 3. The Morgan fingerprint density at radius 3 is 1.79 bits per heavy atom. The second-order valence-electron chi connectivity index (χ2n) is 6.32. The highest BCUT2D eigenvalue weighted by Crippen LogP contribution is 2.17. The third-order valence-electron chi connectivity index (χ3n) is 3.66. The van der Waals surface area contributed by atoms with E-state index in [0.717, 1.165) is 12.8 Å². The molecule has 2 aromatic rings. The molecule has 0 aliphatic heterocycles. The number of hydrogen-bond donors (Lipinski definition) is 5. The van der Waals surface area contributed by atoms with E-state index in [2.05, 4.69) is 10.6 Å². The van der Waals surface area contributed by atoms with Gasteiger partial charge in [-0.25, -0.2) is 23.1 Å². The van der Waals surface area contributed by atoms with E-state index in [9.17, 15) is 26.4 Å². The van der Waals surface area contributed by atoms with E-state index in [1.165, 1.54) is 24.3 Å². The summed E-state index contributed by atoms with van der Waals surface area (Å²) in [6.07, 6.45) is -3.28. The fourth-order valence-electron chi connectivity index (χ4n) is 2.09. The Kier molecular flexibility index (Phi) is 10.6. The maximum Gasteiger partial charge on any atom is 0.490 e. The van der Waals surface area contributed by atoms with Crippen molar-refractivity contribution in [3.63, 3.8) is 0 Å². The number of urea groups is 1. The number of anilines is 2. The number of carboxylic acid groups (broad SMARTS) is 1. The predicted molar refractivity (Wildman–Crippen MR) is 114 cm³/mol. The Morgan fingerprint density at radius 2 is 1.39 bits per heavy atom. The van der Waals surface area contributed by atoms with Crippen LogP contribution in [0.3, 0.4) is 0 Å². The highest BCUT2D eigenvalue weighted by Gasteiger charge is 2.38. The van der Waals surface area contributed by atoms with Gasteiger partial charge in [0.1, 0.15) is 5.75 Å². The average molecular weight is 492 g/mol. The summed E-state index contributed by atoms with van der Waals surface area (Å²) in [6, 6.07) is 12.1. The molecule has 0 fully saturated rings. The number of nitrogens with two attached hydrogens (primary N) is 2. The highest BCUT2D eigenvalue weighted by molar-refractivity contribution is 7.89. The van der Waals surface area contributed by atoms with Crippen molar-refractivity contribution >= 4 is 33.4 Å². The van der Waals surface area contributed by atoms with Gasteiger partial charge in [-0.05, 0) is 67.9 Å². The van der Waals surface area contributed by atoms with Gasteiger partial charge in [0, 0.05) is 11.4 Å². The summed E-state index contributed by atoms with van der Waals surface area (Å²) in [5.41, 5.74) is 6.46. The smallest absolute Gasteiger partial charge is 0.490 e. The molecule has 0 heterocycles. The first-order chi connectivity index (χ1) is 15.3. The first-order valence-corrected chi connectivity index (χ1v) is 10.8. The molecule has 33 heavy (non-hydrogen) atoms. The number of amides is 2. The topological polar surface area (TPSA) is 174 Å². The van der Waals surface area contributed by atoms with Crippen LogP contribution in [0.15, 0.2) is 53.4 Å². The number of ether oxygens (including phenoxy) is 1. The predicted octanol–water partition coefficient (Wildman–Crippen LogP) is 2.73. The van der Waals surface area contributed by atoms with E-state index in [4.69, 9.17) is 25.5 Å². The summed E-state index contributed by atoms with van der Waals surface area (Å²) in [7, 11) is -3.76. The summed E-state index contributed by atoms with van der Waals surface area (Å²) < 4.78 is 59.7. The fourth-order valence-corrected chi connectivity index (χ4v) is 2.61. The van der Waals surface area contributed by atoms with Crippen molar-refractivity contribution in [3.05, 3.63) is 48.5 Å². The van der Waals surface area contributed by atoms with E-state index >= 15 is 0 Å². The maximum absolute atomic E-state index is 12.0. The largest absolute Gasteiger partial charge is 0.494 e. The van der Waals surface area contributed by atoms with Gasteiger partial charge in [-0.15, -0.1) is 0 Å². The van der Waals surface area contributed by atoms with Gasteiger partial charge in [-0.3, -0.25) is 0 Å². The molecule has 0 unspecified atom stereocenters. The number of carboxylic acids is 1. The SMILES string of the molecule is NCCCCOc1ccc(NC(=O)Nc2ccc(S(N)(=O)=O)cc2)cc1.O=C(O)C(F)(F)F. The van der Waals surface area contributed by atoms with Crippen molar-refractivity contribution in [2.75, 3.05) is 23.8 Å². The Hall–Kier alpha value is -3.36. The summed E-state index contributed by atoms with van der Waals surface area (Å²) in [6.45, 7) is 1.24. The van der Waals surface area contributed by atoms with Gasteiger partial charge in [-0.1, -0.05) is 0 Å². The molecule has 2 aromatic carbocycles. The van der Waals surface area contributed by atoms with Crippen LogP contribution in [0, 0.1) is 0 Å². The molecule has 14 heteroatoms. The van der Waals surface area contributed by atoms with Crippen molar-refractivity contribution in [3.8, 4) is 5.75 Å². The van der Waals surface area contributed by atoms with E-state index in [1.54, 1.807) is 24.3 Å². The van der Waals surface area contributed by atoms with Gasteiger partial charge >= 0.3 is 18.2 Å². The Balaban J connectivity index is 0.000000675. The molecule has 0 aliphatic carbocycles. The average Bonchev–Trinajstić information content (AvgIpc) is 2.72. The normalized spacial score (nSPS) is 11.1. The van der Waals surface area contributed by atoms with Gasteiger partial charge in [-0.2, -0.15) is 13.2 Å². The highest BCUT2D eigenvalue weighted by atomic mass is 32.2. The lowest BCUT2D eigenvalue weighted by molar-refractivity contribution is -0.192. The minimum absolute atomic E-state index is 0.0227. The van der Waals surface area contributed by atoms with Crippen LogP contribution in [-0.4, -0.2) is 44.9 Å². The Bertz CT molecular complexity index is 1010. The molecule has 182 valence electrons. The van der Waals surface area contributed by atoms with Crippen molar-refractivity contribution in [2.45, 2.75) is 23.9 Å². The molecule has 10 nitrogen and oxygen atoms in total. The van der Waals surface area contributed by atoms with E-state index in [-0.39, 0.29) is 4.90 Å². The standard InChI is InChI=1S/C17H22N4O4S.C2HF3O2/c18-11-1-2-12-25-15-7-3-13(4-8-15)20-17(22)21-14-5-9-16(10-6-14)26(19,23)24;3-2(4,5)1(6)7/h3-10H,1-2,11-12,18H2,(H2,19,23,24)(H2,20,21,22);(H,6,7). The first kappa shape index (κ1) is 27.7. The number of benzene rings is 2. The molecular weight excluding hydrogens is 469 g/mol. The molecule has 0 atom stereocenters. The molecule has 0 spiro atoms. The third-order valence-corrected chi connectivity index (χ3v) is 4.59. The Labute approximate surface area is 187 Å². The van der Waals surface area contributed by atoms with Crippen molar-refractivity contribution in [2.24, 2.45) is 10.9 Å². The van der Waals surface area contributed by atoms with E-state index in [1.807, 2.05) is 0 Å². The third kappa shape index (κ3) is 11.2.